The predicted octanol–water partition coefficient (Wildman–Crippen LogP) is 3.50. The summed E-state index contributed by atoms with van der Waals surface area (Å²) in [5.41, 5.74) is 4.40. The van der Waals surface area contributed by atoms with Crippen LogP contribution in [-0.4, -0.2) is 60.8 Å². The van der Waals surface area contributed by atoms with Crippen LogP contribution in [0.25, 0.3) is 11.0 Å². The summed E-state index contributed by atoms with van der Waals surface area (Å²) in [6, 6.07) is 14.7. The van der Waals surface area contributed by atoms with Crippen LogP contribution in [0, 0.1) is 13.8 Å². The Morgan fingerprint density at radius 2 is 1.78 bits per heavy atom. The minimum absolute atomic E-state index is 0.0644. The number of aliphatic imine (C=N–C) groups is 1. The first-order valence-corrected chi connectivity index (χ1v) is 13.3. The molecule has 2 aromatic carbocycles. The molecule has 0 radical (unpaired) electrons. The second kappa shape index (κ2) is 8.64. The Morgan fingerprint density at radius 1 is 1.06 bits per heavy atom. The van der Waals surface area contributed by atoms with Crippen LogP contribution in [0.1, 0.15) is 41.4 Å². The maximum atomic E-state index is 13.7. The van der Waals surface area contributed by atoms with Gasteiger partial charge < -0.3 is 0 Å². The average molecular weight is 492 g/mol. The van der Waals surface area contributed by atoms with Gasteiger partial charge in [0.15, 0.2) is 0 Å². The number of aryl methyl sites for hydroxylation is 2. The van der Waals surface area contributed by atoms with Crippen molar-refractivity contribution in [3.05, 3.63) is 59.3 Å². The fourth-order valence-corrected chi connectivity index (χ4v) is 6.26. The van der Waals surface area contributed by atoms with Crippen molar-refractivity contribution in [2.45, 2.75) is 45.0 Å². The minimum atomic E-state index is -0.0644. The normalized spacial score (nSPS) is 17.5. The van der Waals surface area contributed by atoms with Crippen LogP contribution < -0.4 is 9.36 Å². The summed E-state index contributed by atoms with van der Waals surface area (Å²) in [5, 5.41) is 0.937. The molecule has 0 bridgehead atoms. The molecule has 0 fully saturated rings. The number of fused-ring (bicyclic) bond motifs is 3. The third-order valence-electron chi connectivity index (χ3n) is 6.12. The molecule has 0 saturated heterocycles. The van der Waals surface area contributed by atoms with Gasteiger partial charge in [-0.15, -0.1) is 0 Å². The molecule has 5 rings (SSSR count). The summed E-state index contributed by atoms with van der Waals surface area (Å²) in [6.07, 6.45) is 2.07. The number of hydrogen-bond acceptors (Lipinski definition) is 5. The number of carbonyl (C=O) groups excluding carboxylic acids is 1. The molecule has 0 aliphatic carbocycles. The molecule has 1 aromatic heterocycles. The molecule has 0 spiro atoms. The van der Waals surface area contributed by atoms with Crippen LogP contribution >= 0.6 is 0 Å². The Kier molecular flexibility index (Phi) is 5.70. The topological polar surface area (TPSA) is 61.7 Å². The molecule has 1 amide bonds. The molecule has 7 heteroatoms. The summed E-state index contributed by atoms with van der Waals surface area (Å²) in [7, 11) is 0. The Bertz CT molecular complexity index is 1210. The van der Waals surface area contributed by atoms with Crippen molar-refractivity contribution in [3.8, 4) is 0 Å². The van der Waals surface area contributed by atoms with E-state index in [1.807, 2.05) is 17.0 Å². The van der Waals surface area contributed by atoms with E-state index in [-0.39, 0.29) is 26.9 Å². The molecule has 2 aliphatic rings. The Labute approximate surface area is 194 Å². The van der Waals surface area contributed by atoms with Crippen molar-refractivity contribution in [3.63, 3.8) is 0 Å². The van der Waals surface area contributed by atoms with Gasteiger partial charge in [-0.3, -0.25) is 0 Å². The van der Waals surface area contributed by atoms with E-state index in [0.29, 0.717) is 18.1 Å². The average Bonchev–Trinajstić information content (AvgIpc) is 3.22. The van der Waals surface area contributed by atoms with Gasteiger partial charge >= 0.3 is 195 Å². The second-order valence-electron chi connectivity index (χ2n) is 8.42. The molecule has 1 atom stereocenters. The third kappa shape index (κ3) is 3.70. The quantitative estimate of drug-likeness (QED) is 0.495. The summed E-state index contributed by atoms with van der Waals surface area (Å²) in [4.78, 5) is 32.3. The first kappa shape index (κ1) is 21.1. The number of hydrogen-bond donors (Lipinski definition) is 0. The van der Waals surface area contributed by atoms with E-state index in [9.17, 15) is 4.79 Å². The SMILES string of the molecule is CCCCN1C2=NCC(C[Se]c3ccccc3)N2C(=O)c2nc3cc(C)c(C)cc3nc21. The van der Waals surface area contributed by atoms with Crippen molar-refractivity contribution >= 4 is 48.1 Å². The Morgan fingerprint density at radius 3 is 2.50 bits per heavy atom. The standard InChI is InChI=1S/C25H27N5OSe/c1-4-5-11-29-23-22(27-20-12-16(2)17(3)13-21(20)28-23)24(31)30-18(14-26-25(29)30)15-32-19-9-7-6-8-10-19/h6-10,12-13,18H,4-5,11,14-15H2,1-3H3. The molecule has 6 nitrogen and oxygen atoms in total. The molecular weight excluding hydrogens is 465 g/mol. The van der Waals surface area contributed by atoms with E-state index < -0.39 is 0 Å². The number of carbonyl (C=O) groups is 1. The van der Waals surface area contributed by atoms with Gasteiger partial charge in [-0.2, -0.15) is 0 Å². The van der Waals surface area contributed by atoms with Crippen LogP contribution in [-0.2, 0) is 0 Å². The van der Waals surface area contributed by atoms with Gasteiger partial charge in [0.05, 0.1) is 0 Å². The Balaban J connectivity index is 1.53. The number of nitrogens with zero attached hydrogens (tertiary/aromatic N) is 5. The maximum absolute atomic E-state index is 13.7. The van der Waals surface area contributed by atoms with Crippen LogP contribution in [0.5, 0.6) is 0 Å². The zero-order chi connectivity index (χ0) is 22.2. The fraction of sp³-hybridized carbons (Fsp3) is 0.360. The van der Waals surface area contributed by atoms with Crippen LogP contribution in [0.4, 0.5) is 5.82 Å². The predicted molar refractivity (Wildman–Crippen MR) is 130 cm³/mol. The zero-order valence-corrected chi connectivity index (χ0v) is 20.4. The molecule has 0 saturated carbocycles. The van der Waals surface area contributed by atoms with E-state index in [1.165, 1.54) is 10.0 Å². The van der Waals surface area contributed by atoms with Crippen molar-refractivity contribution in [1.29, 1.82) is 0 Å². The third-order valence-corrected chi connectivity index (χ3v) is 8.55. The van der Waals surface area contributed by atoms with E-state index in [4.69, 9.17) is 15.0 Å². The molecule has 3 aromatic rings. The molecule has 164 valence electrons. The van der Waals surface area contributed by atoms with Gasteiger partial charge in [0, 0.05) is 0 Å². The van der Waals surface area contributed by atoms with Gasteiger partial charge in [0.25, 0.3) is 0 Å². The second-order valence-corrected chi connectivity index (χ2v) is 10.7. The molecule has 32 heavy (non-hydrogen) atoms. The first-order valence-electron chi connectivity index (χ1n) is 11.2. The molecule has 1 unspecified atom stereocenters. The molecular formula is C25H27N5OSe. The Hall–Kier alpha value is -2.76. The van der Waals surface area contributed by atoms with E-state index in [0.717, 1.165) is 47.3 Å². The number of rotatable bonds is 6. The van der Waals surface area contributed by atoms with Crippen LogP contribution in [0.15, 0.2) is 47.5 Å². The van der Waals surface area contributed by atoms with Crippen molar-refractivity contribution in [2.75, 3.05) is 18.0 Å². The molecule has 2 aliphatic heterocycles. The number of anilines is 1. The van der Waals surface area contributed by atoms with Gasteiger partial charge in [0.1, 0.15) is 0 Å². The summed E-state index contributed by atoms with van der Waals surface area (Å²) in [6.45, 7) is 7.75. The number of unbranched alkanes of at least 4 members (excludes halogenated alkanes) is 1. The summed E-state index contributed by atoms with van der Waals surface area (Å²) in [5.74, 6) is 1.34. The number of guanidine groups is 1. The monoisotopic (exact) mass is 493 g/mol. The van der Waals surface area contributed by atoms with Gasteiger partial charge in [-0.05, 0) is 0 Å². The summed E-state index contributed by atoms with van der Waals surface area (Å²) >= 11 is 0.287. The van der Waals surface area contributed by atoms with E-state index in [1.54, 1.807) is 0 Å². The number of amides is 1. The molecule has 3 heterocycles. The van der Waals surface area contributed by atoms with Crippen molar-refractivity contribution < 1.29 is 4.79 Å². The molecule has 0 N–H and O–H groups in total. The number of benzene rings is 2. The zero-order valence-electron chi connectivity index (χ0n) is 18.7. The van der Waals surface area contributed by atoms with E-state index >= 15 is 0 Å². The van der Waals surface area contributed by atoms with E-state index in [2.05, 4.69) is 56.0 Å². The van der Waals surface area contributed by atoms with Gasteiger partial charge in [-0.1, -0.05) is 0 Å². The van der Waals surface area contributed by atoms with Crippen molar-refractivity contribution in [2.24, 2.45) is 4.99 Å². The first-order chi connectivity index (χ1) is 15.6. The van der Waals surface area contributed by atoms with Gasteiger partial charge in [-0.25, -0.2) is 0 Å². The van der Waals surface area contributed by atoms with Crippen LogP contribution in [0.3, 0.4) is 0 Å². The van der Waals surface area contributed by atoms with Gasteiger partial charge in [0.2, 0.25) is 0 Å². The fourth-order valence-electron chi connectivity index (χ4n) is 4.18. The number of aromatic nitrogens is 2. The summed E-state index contributed by atoms with van der Waals surface area (Å²) < 4.78 is 1.35. The van der Waals surface area contributed by atoms with Crippen molar-refractivity contribution in [1.82, 2.24) is 14.9 Å². The van der Waals surface area contributed by atoms with Crippen LogP contribution in [0.2, 0.25) is 5.32 Å².